The summed E-state index contributed by atoms with van der Waals surface area (Å²) in [5.74, 6) is 2.78. The van der Waals surface area contributed by atoms with E-state index in [1.807, 2.05) is 36.0 Å². The van der Waals surface area contributed by atoms with Gasteiger partial charge in [0.2, 0.25) is 5.91 Å². The lowest BCUT2D eigenvalue weighted by molar-refractivity contribution is -0.138. The molecule has 12 heteroatoms. The summed E-state index contributed by atoms with van der Waals surface area (Å²) < 4.78 is 13.3. The van der Waals surface area contributed by atoms with Gasteiger partial charge in [0.25, 0.3) is 0 Å². The van der Waals surface area contributed by atoms with Gasteiger partial charge in [-0.3, -0.25) is 14.7 Å². The lowest BCUT2D eigenvalue weighted by atomic mass is 9.68. The van der Waals surface area contributed by atoms with Gasteiger partial charge in [0, 0.05) is 63.0 Å². The van der Waals surface area contributed by atoms with E-state index in [1.54, 1.807) is 20.5 Å². The van der Waals surface area contributed by atoms with Crippen LogP contribution in [0.1, 0.15) is 48.2 Å². The zero-order valence-electron chi connectivity index (χ0n) is 29.6. The van der Waals surface area contributed by atoms with Gasteiger partial charge in [0.05, 0.1) is 38.0 Å². The second-order valence-corrected chi connectivity index (χ2v) is 14.0. The Kier molecular flexibility index (Phi) is 9.43. The number of anilines is 1. The van der Waals surface area contributed by atoms with Gasteiger partial charge < -0.3 is 24.2 Å². The molecular weight excluding hydrogens is 618 g/mol. The number of benzene rings is 1. The topological polar surface area (TPSA) is 105 Å². The van der Waals surface area contributed by atoms with Crippen molar-refractivity contribution in [1.29, 1.82) is 0 Å². The molecule has 5 heterocycles. The number of fused-ring (bicyclic) bond motifs is 3. The Bertz CT molecular complexity index is 1790. The van der Waals surface area contributed by atoms with Crippen LogP contribution in [0.2, 0.25) is 0 Å². The summed E-state index contributed by atoms with van der Waals surface area (Å²) >= 11 is 0. The van der Waals surface area contributed by atoms with E-state index in [0.29, 0.717) is 25.5 Å². The Morgan fingerprint density at radius 3 is 2.47 bits per heavy atom. The van der Waals surface area contributed by atoms with Crippen LogP contribution in [0.3, 0.4) is 0 Å². The van der Waals surface area contributed by atoms with Gasteiger partial charge in [0.1, 0.15) is 12.1 Å². The van der Waals surface area contributed by atoms with Crippen LogP contribution < -0.4 is 14.4 Å². The van der Waals surface area contributed by atoms with Crippen LogP contribution in [0.15, 0.2) is 42.9 Å². The number of amides is 1. The smallest absolute Gasteiger partial charge is 0.225 e. The third-order valence-electron chi connectivity index (χ3n) is 10.9. The summed E-state index contributed by atoms with van der Waals surface area (Å²) in [7, 11) is 7.69. The molecule has 3 aromatic heterocycles. The van der Waals surface area contributed by atoms with Gasteiger partial charge >= 0.3 is 0 Å². The Labute approximate surface area is 289 Å². The molecule has 0 radical (unpaired) electrons. The van der Waals surface area contributed by atoms with E-state index < -0.39 is 0 Å². The van der Waals surface area contributed by atoms with E-state index in [0.717, 1.165) is 105 Å². The average Bonchev–Trinajstić information content (AvgIpc) is 3.53. The second kappa shape index (κ2) is 13.9. The predicted octanol–water partition coefficient (Wildman–Crippen LogP) is 3.75. The highest BCUT2D eigenvalue weighted by Crippen LogP contribution is 2.50. The van der Waals surface area contributed by atoms with Gasteiger partial charge in [-0.1, -0.05) is 6.07 Å². The number of hydrogen-bond donors (Lipinski definition) is 0. The van der Waals surface area contributed by atoms with Gasteiger partial charge in [-0.15, -0.1) is 0 Å². The number of hydrogen-bond acceptors (Lipinski definition) is 10. The first-order valence-electron chi connectivity index (χ1n) is 17.6. The molecule has 12 nitrogen and oxygen atoms in total. The molecule has 0 N–H and O–H groups in total. The van der Waals surface area contributed by atoms with Crippen molar-refractivity contribution >= 4 is 22.8 Å². The SMILES string of the molecule is COc1cc2c(cc1OC)C1(CCC(C(=O)N3CCN(c4ncnc5c4cnn5Cc4cccc(C)n4)CC3)CC1)N(CCN(C)C)CC2. The monoisotopic (exact) mass is 667 g/mol. The molecule has 0 bridgehead atoms. The fourth-order valence-electron chi connectivity index (χ4n) is 8.26. The normalized spacial score (nSPS) is 21.4. The summed E-state index contributed by atoms with van der Waals surface area (Å²) in [6.45, 7) is 8.37. The lowest BCUT2D eigenvalue weighted by Crippen LogP contribution is -2.56. The maximum absolute atomic E-state index is 14.0. The van der Waals surface area contributed by atoms with Gasteiger partial charge in [-0.05, 0) is 88.5 Å². The first kappa shape index (κ1) is 33.2. The second-order valence-electron chi connectivity index (χ2n) is 14.0. The fraction of sp³-hybridized carbons (Fsp3) is 0.541. The Morgan fingerprint density at radius 2 is 1.76 bits per heavy atom. The summed E-state index contributed by atoms with van der Waals surface area (Å²) in [5.41, 5.74) is 5.31. The standard InChI is InChI=1S/C37H49N9O3/c1-26-7-6-8-29(41-26)24-46-35-30(23-40-46)34(38-25-39-35)43-16-18-44(19-17-43)36(47)27-9-12-37(13-10-27)31-22-33(49-5)32(48-4)21-28(31)11-14-45(37)20-15-42(2)3/h6-8,21-23,25,27H,9-20,24H2,1-5H3. The number of piperazine rings is 1. The first-order chi connectivity index (χ1) is 23.8. The highest BCUT2D eigenvalue weighted by atomic mass is 16.5. The quantitative estimate of drug-likeness (QED) is 0.262. The number of nitrogens with zero attached hydrogens (tertiary/aromatic N) is 9. The molecule has 2 aliphatic heterocycles. The maximum Gasteiger partial charge on any atom is 0.225 e. The molecule has 2 fully saturated rings. The first-order valence-corrected chi connectivity index (χ1v) is 17.6. The Morgan fingerprint density at radius 1 is 1.00 bits per heavy atom. The van der Waals surface area contributed by atoms with Crippen molar-refractivity contribution in [1.82, 2.24) is 39.4 Å². The van der Waals surface area contributed by atoms with Crippen molar-refractivity contribution in [2.75, 3.05) is 79.0 Å². The predicted molar refractivity (Wildman–Crippen MR) is 189 cm³/mol. The summed E-state index contributed by atoms with van der Waals surface area (Å²) in [6, 6.07) is 10.4. The van der Waals surface area contributed by atoms with Gasteiger partial charge in [-0.25, -0.2) is 14.6 Å². The molecule has 3 aliphatic rings. The van der Waals surface area contributed by atoms with Crippen LogP contribution in [0, 0.1) is 12.8 Å². The number of pyridine rings is 1. The molecule has 4 aromatic rings. The van der Waals surface area contributed by atoms with E-state index in [9.17, 15) is 4.79 Å². The third-order valence-corrected chi connectivity index (χ3v) is 10.9. The van der Waals surface area contributed by atoms with Gasteiger partial charge in [0.15, 0.2) is 17.1 Å². The summed E-state index contributed by atoms with van der Waals surface area (Å²) in [5, 5.41) is 5.56. The van der Waals surface area contributed by atoms with Crippen molar-refractivity contribution in [3.8, 4) is 11.5 Å². The molecule has 1 aliphatic carbocycles. The highest BCUT2D eigenvalue weighted by Gasteiger charge is 2.47. The minimum absolute atomic E-state index is 0.0395. The number of ether oxygens (including phenoxy) is 2. The van der Waals surface area contributed by atoms with E-state index in [1.165, 1.54) is 11.1 Å². The van der Waals surface area contributed by atoms with Crippen LogP contribution in [0.5, 0.6) is 11.5 Å². The number of methoxy groups -OCH3 is 2. The third kappa shape index (κ3) is 6.43. The zero-order chi connectivity index (χ0) is 34.1. The molecule has 1 saturated carbocycles. The minimum Gasteiger partial charge on any atom is -0.493 e. The Hall–Kier alpha value is -4.29. The molecule has 260 valence electrons. The van der Waals surface area contributed by atoms with Crippen LogP contribution in [0.25, 0.3) is 11.0 Å². The summed E-state index contributed by atoms with van der Waals surface area (Å²) in [4.78, 5) is 37.2. The molecule has 0 unspecified atom stereocenters. The molecule has 1 saturated heterocycles. The average molecular weight is 668 g/mol. The molecule has 0 atom stereocenters. The van der Waals surface area contributed by atoms with Crippen LogP contribution in [-0.2, 0) is 23.3 Å². The zero-order valence-corrected chi connectivity index (χ0v) is 29.6. The molecular formula is C37H49N9O3. The van der Waals surface area contributed by atoms with E-state index in [4.69, 9.17) is 9.47 Å². The fourth-order valence-corrected chi connectivity index (χ4v) is 8.26. The van der Waals surface area contributed by atoms with Crippen LogP contribution in [0.4, 0.5) is 5.82 Å². The Balaban J connectivity index is 1.02. The van der Waals surface area contributed by atoms with Crippen molar-refractivity contribution in [2.45, 2.75) is 51.1 Å². The summed E-state index contributed by atoms with van der Waals surface area (Å²) in [6.07, 6.45) is 8.14. The number of aryl methyl sites for hydroxylation is 1. The molecule has 1 aromatic carbocycles. The molecule has 7 rings (SSSR count). The number of carbonyl (C=O) groups is 1. The molecule has 49 heavy (non-hydrogen) atoms. The van der Waals surface area contributed by atoms with E-state index in [-0.39, 0.29) is 11.5 Å². The number of rotatable bonds is 9. The maximum atomic E-state index is 14.0. The van der Waals surface area contributed by atoms with E-state index in [2.05, 4.69) is 65.9 Å². The highest BCUT2D eigenvalue weighted by molar-refractivity contribution is 5.87. The number of likely N-dealkylation sites (N-methyl/N-ethyl adjacent to an activating group) is 1. The van der Waals surface area contributed by atoms with Crippen molar-refractivity contribution in [2.24, 2.45) is 5.92 Å². The number of aromatic nitrogens is 5. The largest absolute Gasteiger partial charge is 0.493 e. The van der Waals surface area contributed by atoms with Crippen LogP contribution in [-0.4, -0.2) is 119 Å². The van der Waals surface area contributed by atoms with Crippen molar-refractivity contribution in [3.05, 3.63) is 65.4 Å². The van der Waals surface area contributed by atoms with Gasteiger partial charge in [-0.2, -0.15) is 5.10 Å². The minimum atomic E-state index is -0.100. The van der Waals surface area contributed by atoms with Crippen LogP contribution >= 0.6 is 0 Å². The van der Waals surface area contributed by atoms with E-state index >= 15 is 0 Å². The van der Waals surface area contributed by atoms with Crippen molar-refractivity contribution in [3.63, 3.8) is 0 Å². The van der Waals surface area contributed by atoms with Crippen molar-refractivity contribution < 1.29 is 14.3 Å². The number of carbonyl (C=O) groups excluding carboxylic acids is 1. The molecule has 1 spiro atoms. The molecule has 1 amide bonds. The lowest BCUT2D eigenvalue weighted by Gasteiger charge is -2.52.